The van der Waals surface area contributed by atoms with Crippen molar-refractivity contribution < 1.29 is 17.9 Å². The molecule has 1 amide bonds. The Kier molecular flexibility index (Phi) is 6.64. The van der Waals surface area contributed by atoms with Gasteiger partial charge in [-0.3, -0.25) is 4.79 Å². The topological polar surface area (TPSA) is 84.7 Å². The average molecular weight is 469 g/mol. The van der Waals surface area contributed by atoms with Crippen molar-refractivity contribution >= 4 is 15.9 Å². The third-order valence-corrected chi connectivity index (χ3v) is 7.85. The second kappa shape index (κ2) is 9.46. The number of rotatable bonds is 6. The number of para-hydroxylation sites is 1. The molecule has 4 rings (SSSR count). The van der Waals surface area contributed by atoms with Gasteiger partial charge < -0.3 is 9.64 Å². The number of ether oxygens (including phenoxy) is 1. The molecule has 0 spiro atoms. The van der Waals surface area contributed by atoms with Crippen LogP contribution >= 0.6 is 0 Å². The smallest absolute Gasteiger partial charge is 0.255 e. The van der Waals surface area contributed by atoms with Crippen LogP contribution in [0.15, 0.2) is 59.5 Å². The summed E-state index contributed by atoms with van der Waals surface area (Å²) in [6, 6.07) is 16.2. The van der Waals surface area contributed by atoms with Gasteiger partial charge in [-0.05, 0) is 38.1 Å². The van der Waals surface area contributed by atoms with E-state index in [1.165, 1.54) is 10.4 Å². The number of hydrogen-bond acceptors (Lipinski definition) is 5. The molecule has 0 saturated carbocycles. The Balaban J connectivity index is 1.61. The fourth-order valence-electron chi connectivity index (χ4n) is 4.03. The Bertz CT molecular complexity index is 1250. The summed E-state index contributed by atoms with van der Waals surface area (Å²) < 4.78 is 35.0. The maximum Gasteiger partial charge on any atom is 0.255 e. The maximum absolute atomic E-state index is 13.4. The van der Waals surface area contributed by atoms with Gasteiger partial charge in [-0.2, -0.15) is 9.40 Å². The summed E-state index contributed by atoms with van der Waals surface area (Å²) in [6.07, 6.45) is 0. The SMILES string of the molecule is Cc1nn(-c2ccccc2)c(C)c1CN(C)C(=O)c1ccccc1S(=O)(=O)N1CCOCC1. The molecule has 0 N–H and O–H groups in total. The summed E-state index contributed by atoms with van der Waals surface area (Å²) in [7, 11) is -2.12. The van der Waals surface area contributed by atoms with Gasteiger partial charge in [-0.25, -0.2) is 13.1 Å². The molecule has 33 heavy (non-hydrogen) atoms. The summed E-state index contributed by atoms with van der Waals surface area (Å²) in [5.41, 5.74) is 3.80. The molecule has 0 radical (unpaired) electrons. The van der Waals surface area contributed by atoms with Gasteiger partial charge in [-0.1, -0.05) is 30.3 Å². The lowest BCUT2D eigenvalue weighted by Crippen LogP contribution is -2.41. The van der Waals surface area contributed by atoms with Gasteiger partial charge in [0.1, 0.15) is 0 Å². The molecule has 174 valence electrons. The molecule has 1 aromatic heterocycles. The van der Waals surface area contributed by atoms with E-state index in [0.717, 1.165) is 22.6 Å². The van der Waals surface area contributed by atoms with Crippen molar-refractivity contribution in [2.24, 2.45) is 0 Å². The lowest BCUT2D eigenvalue weighted by atomic mass is 10.1. The molecular formula is C24H28N4O4S. The van der Waals surface area contributed by atoms with Crippen LogP contribution < -0.4 is 0 Å². The van der Waals surface area contributed by atoms with Crippen molar-refractivity contribution in [2.45, 2.75) is 25.3 Å². The first-order valence-corrected chi connectivity index (χ1v) is 12.3. The standard InChI is InChI=1S/C24H28N4O4S/c1-18-22(19(2)28(25-18)20-9-5-4-6-10-20)17-26(3)24(29)21-11-7-8-12-23(21)33(30,31)27-13-15-32-16-14-27/h4-12H,13-17H2,1-3H3. The number of aryl methyl sites for hydroxylation is 1. The fraction of sp³-hybridized carbons (Fsp3) is 0.333. The molecule has 0 atom stereocenters. The second-order valence-corrected chi connectivity index (χ2v) is 9.98. The largest absolute Gasteiger partial charge is 0.379 e. The van der Waals surface area contributed by atoms with Gasteiger partial charge in [0, 0.05) is 37.9 Å². The van der Waals surface area contributed by atoms with Crippen LogP contribution in [0, 0.1) is 13.8 Å². The fourth-order valence-corrected chi connectivity index (χ4v) is 5.63. The van der Waals surface area contributed by atoms with Gasteiger partial charge in [0.2, 0.25) is 10.0 Å². The van der Waals surface area contributed by atoms with Crippen LogP contribution in [0.1, 0.15) is 27.3 Å². The van der Waals surface area contributed by atoms with Crippen LogP contribution in [0.5, 0.6) is 0 Å². The van der Waals surface area contributed by atoms with Crippen molar-refractivity contribution in [3.63, 3.8) is 0 Å². The van der Waals surface area contributed by atoms with Crippen LogP contribution in [0.25, 0.3) is 5.69 Å². The van der Waals surface area contributed by atoms with Crippen LogP contribution in [0.3, 0.4) is 0 Å². The first-order valence-electron chi connectivity index (χ1n) is 10.8. The molecule has 3 aromatic rings. The number of hydrogen-bond donors (Lipinski definition) is 0. The Morgan fingerprint density at radius 3 is 2.36 bits per heavy atom. The Labute approximate surface area is 194 Å². The molecule has 1 fully saturated rings. The minimum absolute atomic E-state index is 0.0252. The van der Waals surface area contributed by atoms with E-state index < -0.39 is 10.0 Å². The zero-order valence-electron chi connectivity index (χ0n) is 19.1. The van der Waals surface area contributed by atoms with Crippen molar-refractivity contribution in [2.75, 3.05) is 33.4 Å². The first kappa shape index (κ1) is 23.2. The van der Waals surface area contributed by atoms with Gasteiger partial charge in [0.15, 0.2) is 0 Å². The summed E-state index contributed by atoms with van der Waals surface area (Å²) >= 11 is 0. The van der Waals surface area contributed by atoms with E-state index in [1.54, 1.807) is 30.1 Å². The number of amides is 1. The van der Waals surface area contributed by atoms with E-state index in [0.29, 0.717) is 19.8 Å². The third-order valence-electron chi connectivity index (χ3n) is 5.89. The predicted molar refractivity (Wildman–Crippen MR) is 125 cm³/mol. The van der Waals surface area contributed by atoms with Crippen molar-refractivity contribution in [1.29, 1.82) is 0 Å². The summed E-state index contributed by atoms with van der Waals surface area (Å²) in [6.45, 7) is 5.44. The maximum atomic E-state index is 13.4. The highest BCUT2D eigenvalue weighted by Crippen LogP contribution is 2.24. The lowest BCUT2D eigenvalue weighted by molar-refractivity contribution is 0.0727. The van der Waals surface area contributed by atoms with Gasteiger partial charge in [0.25, 0.3) is 5.91 Å². The van der Waals surface area contributed by atoms with Gasteiger partial charge in [0.05, 0.1) is 35.1 Å². The molecule has 1 aliphatic rings. The molecule has 0 unspecified atom stereocenters. The number of benzene rings is 2. The number of aromatic nitrogens is 2. The van der Waals surface area contributed by atoms with Crippen LogP contribution in [0.2, 0.25) is 0 Å². The highest BCUT2D eigenvalue weighted by atomic mass is 32.2. The molecule has 8 nitrogen and oxygen atoms in total. The van der Waals surface area contributed by atoms with Crippen molar-refractivity contribution in [3.05, 3.63) is 77.1 Å². The molecular weight excluding hydrogens is 440 g/mol. The van der Waals surface area contributed by atoms with E-state index in [4.69, 9.17) is 4.74 Å². The Morgan fingerprint density at radius 2 is 1.67 bits per heavy atom. The summed E-state index contributed by atoms with van der Waals surface area (Å²) in [4.78, 5) is 15.0. The quantitative estimate of drug-likeness (QED) is 0.555. The minimum Gasteiger partial charge on any atom is -0.379 e. The second-order valence-electron chi connectivity index (χ2n) is 8.07. The van der Waals surface area contributed by atoms with Crippen molar-refractivity contribution in [3.8, 4) is 5.69 Å². The molecule has 1 saturated heterocycles. The monoisotopic (exact) mass is 468 g/mol. The molecule has 0 bridgehead atoms. The Hall–Kier alpha value is -3.01. The normalized spacial score (nSPS) is 14.9. The molecule has 2 aromatic carbocycles. The van der Waals surface area contributed by atoms with E-state index >= 15 is 0 Å². The number of carbonyl (C=O) groups excluding carboxylic acids is 1. The van der Waals surface area contributed by atoms with E-state index in [9.17, 15) is 13.2 Å². The molecule has 9 heteroatoms. The first-order chi connectivity index (χ1) is 15.8. The number of carbonyl (C=O) groups is 1. The lowest BCUT2D eigenvalue weighted by Gasteiger charge is -2.27. The van der Waals surface area contributed by atoms with Crippen molar-refractivity contribution in [1.82, 2.24) is 19.0 Å². The summed E-state index contributed by atoms with van der Waals surface area (Å²) in [5.74, 6) is -0.353. The zero-order valence-corrected chi connectivity index (χ0v) is 19.9. The molecule has 1 aliphatic heterocycles. The van der Waals surface area contributed by atoms with Crippen LogP contribution in [-0.2, 0) is 21.3 Å². The third kappa shape index (κ3) is 4.57. The van der Waals surface area contributed by atoms with E-state index in [-0.39, 0.29) is 29.5 Å². The number of sulfonamides is 1. The molecule has 2 heterocycles. The van der Waals surface area contributed by atoms with Gasteiger partial charge >= 0.3 is 0 Å². The Morgan fingerprint density at radius 1 is 1.03 bits per heavy atom. The number of morpholine rings is 1. The highest BCUT2D eigenvalue weighted by molar-refractivity contribution is 7.89. The average Bonchev–Trinajstić information content (AvgIpc) is 3.13. The molecule has 0 aliphatic carbocycles. The van der Waals surface area contributed by atoms with Gasteiger partial charge in [-0.15, -0.1) is 0 Å². The predicted octanol–water partition coefficient (Wildman–Crippen LogP) is 2.78. The van der Waals surface area contributed by atoms with Crippen LogP contribution in [0.4, 0.5) is 0 Å². The number of nitrogens with zero attached hydrogens (tertiary/aromatic N) is 4. The summed E-state index contributed by atoms with van der Waals surface area (Å²) in [5, 5.41) is 4.65. The zero-order chi connectivity index (χ0) is 23.6. The minimum atomic E-state index is -3.80. The van der Waals surface area contributed by atoms with Crippen LogP contribution in [-0.4, -0.2) is 66.7 Å². The van der Waals surface area contributed by atoms with E-state index in [2.05, 4.69) is 5.10 Å². The highest BCUT2D eigenvalue weighted by Gasteiger charge is 2.31. The van der Waals surface area contributed by atoms with E-state index in [1.807, 2.05) is 48.9 Å².